The van der Waals surface area contributed by atoms with Crippen LogP contribution in [-0.4, -0.2) is 0 Å². The number of benzene rings is 3. The van der Waals surface area contributed by atoms with Gasteiger partial charge in [0.25, 0.3) is 0 Å². The Morgan fingerprint density at radius 3 is 2.07 bits per heavy atom. The monoisotopic (exact) mass is 353 g/mol. The van der Waals surface area contributed by atoms with Gasteiger partial charge in [0.2, 0.25) is 0 Å². The first-order valence-corrected chi connectivity index (χ1v) is 9.56. The van der Waals surface area contributed by atoms with E-state index in [1.807, 2.05) is 0 Å². The highest BCUT2D eigenvalue weighted by Gasteiger charge is 1.98. The number of nitrogens with one attached hydrogen (secondary N) is 1. The highest BCUT2D eigenvalue weighted by atomic mass is 14.9. The molecule has 0 amide bonds. The molecular formula is C26H27N. The minimum Gasteiger partial charge on any atom is -0.356 e. The molecule has 0 saturated carbocycles. The van der Waals surface area contributed by atoms with E-state index in [4.69, 9.17) is 0 Å². The van der Waals surface area contributed by atoms with Crippen molar-refractivity contribution in [2.45, 2.75) is 27.2 Å². The average molecular weight is 354 g/mol. The van der Waals surface area contributed by atoms with E-state index in [1.54, 1.807) is 0 Å². The van der Waals surface area contributed by atoms with Gasteiger partial charge in [-0.1, -0.05) is 73.7 Å². The summed E-state index contributed by atoms with van der Waals surface area (Å²) in [5.41, 5.74) is 8.62. The molecule has 0 saturated heterocycles. The SMILES string of the molecule is C/C=C(\C)c1ccc(Nc2ccc(/C=C/c3ccccc3CC)cc2)cc1. The maximum Gasteiger partial charge on any atom is 0.0384 e. The first-order chi connectivity index (χ1) is 13.2. The van der Waals surface area contributed by atoms with Crippen molar-refractivity contribution in [3.05, 3.63) is 101 Å². The second-order valence-electron chi connectivity index (χ2n) is 6.68. The second-order valence-corrected chi connectivity index (χ2v) is 6.68. The smallest absolute Gasteiger partial charge is 0.0384 e. The minimum atomic E-state index is 1.05. The highest BCUT2D eigenvalue weighted by Crippen LogP contribution is 2.21. The standard InChI is InChI=1S/C26H27N/c1-4-20(3)23-14-18-26(19-15-23)27-25-16-11-21(12-17-25)10-13-24-9-7-6-8-22(24)5-2/h4,6-19,27H,5H2,1-3H3/b13-10+,20-4+. The van der Waals surface area contributed by atoms with E-state index in [-0.39, 0.29) is 0 Å². The van der Waals surface area contributed by atoms with Gasteiger partial charge < -0.3 is 5.32 Å². The fraction of sp³-hybridized carbons (Fsp3) is 0.154. The number of aryl methyl sites for hydroxylation is 1. The van der Waals surface area contributed by atoms with Gasteiger partial charge in [0.15, 0.2) is 0 Å². The third-order valence-electron chi connectivity index (χ3n) is 4.86. The minimum absolute atomic E-state index is 1.05. The molecule has 3 rings (SSSR count). The lowest BCUT2D eigenvalue weighted by atomic mass is 10.0. The van der Waals surface area contributed by atoms with E-state index in [2.05, 4.69) is 117 Å². The maximum absolute atomic E-state index is 3.46. The van der Waals surface area contributed by atoms with Crippen LogP contribution in [0.1, 0.15) is 43.0 Å². The number of rotatable bonds is 6. The molecule has 0 unspecified atom stereocenters. The molecule has 0 atom stereocenters. The maximum atomic E-state index is 3.46. The summed E-state index contributed by atoms with van der Waals surface area (Å²) in [6.07, 6.45) is 7.56. The molecule has 27 heavy (non-hydrogen) atoms. The van der Waals surface area contributed by atoms with Crippen LogP contribution in [0.25, 0.3) is 17.7 Å². The van der Waals surface area contributed by atoms with Gasteiger partial charge in [-0.15, -0.1) is 0 Å². The van der Waals surface area contributed by atoms with E-state index < -0.39 is 0 Å². The lowest BCUT2D eigenvalue weighted by Gasteiger charge is -2.08. The van der Waals surface area contributed by atoms with Crippen molar-refractivity contribution in [1.82, 2.24) is 0 Å². The van der Waals surface area contributed by atoms with Crippen molar-refractivity contribution >= 4 is 29.1 Å². The molecule has 0 aliphatic carbocycles. The normalized spacial score (nSPS) is 11.7. The predicted octanol–water partition coefficient (Wildman–Crippen LogP) is 7.59. The topological polar surface area (TPSA) is 12.0 Å². The number of anilines is 2. The Kier molecular flexibility index (Phi) is 6.27. The predicted molar refractivity (Wildman–Crippen MR) is 120 cm³/mol. The van der Waals surface area contributed by atoms with Gasteiger partial charge in [-0.05, 0) is 72.4 Å². The molecule has 0 aliphatic rings. The molecule has 0 spiro atoms. The van der Waals surface area contributed by atoms with E-state index in [1.165, 1.54) is 27.8 Å². The Balaban J connectivity index is 1.67. The van der Waals surface area contributed by atoms with Gasteiger partial charge in [0.1, 0.15) is 0 Å². The molecular weight excluding hydrogens is 326 g/mol. The molecule has 0 aromatic heterocycles. The van der Waals surface area contributed by atoms with Gasteiger partial charge >= 0.3 is 0 Å². The molecule has 0 bridgehead atoms. The zero-order chi connectivity index (χ0) is 19.1. The third kappa shape index (κ3) is 4.98. The number of hydrogen-bond acceptors (Lipinski definition) is 1. The van der Waals surface area contributed by atoms with Crippen LogP contribution in [-0.2, 0) is 6.42 Å². The van der Waals surface area contributed by atoms with Crippen molar-refractivity contribution in [3.63, 3.8) is 0 Å². The summed E-state index contributed by atoms with van der Waals surface area (Å²) in [5, 5.41) is 3.46. The van der Waals surface area contributed by atoms with Crippen LogP contribution in [0.4, 0.5) is 11.4 Å². The summed E-state index contributed by atoms with van der Waals surface area (Å²) >= 11 is 0. The van der Waals surface area contributed by atoms with Crippen LogP contribution in [0.15, 0.2) is 78.9 Å². The quantitative estimate of drug-likeness (QED) is 0.450. The Bertz CT molecular complexity index is 929. The van der Waals surface area contributed by atoms with Crippen molar-refractivity contribution in [2.75, 3.05) is 5.32 Å². The van der Waals surface area contributed by atoms with Crippen molar-refractivity contribution in [1.29, 1.82) is 0 Å². The summed E-state index contributed by atoms with van der Waals surface area (Å²) in [6, 6.07) is 25.6. The van der Waals surface area contributed by atoms with E-state index in [9.17, 15) is 0 Å². The highest BCUT2D eigenvalue weighted by molar-refractivity contribution is 5.73. The van der Waals surface area contributed by atoms with Gasteiger partial charge in [-0.25, -0.2) is 0 Å². The van der Waals surface area contributed by atoms with Crippen LogP contribution in [0.2, 0.25) is 0 Å². The molecule has 3 aromatic carbocycles. The summed E-state index contributed by atoms with van der Waals surface area (Å²) in [5.74, 6) is 0. The summed E-state index contributed by atoms with van der Waals surface area (Å²) in [6.45, 7) is 6.39. The largest absolute Gasteiger partial charge is 0.356 e. The Morgan fingerprint density at radius 1 is 0.815 bits per heavy atom. The fourth-order valence-corrected chi connectivity index (χ4v) is 3.03. The van der Waals surface area contributed by atoms with Crippen molar-refractivity contribution in [3.8, 4) is 0 Å². The van der Waals surface area contributed by atoms with Gasteiger partial charge in [0, 0.05) is 11.4 Å². The Morgan fingerprint density at radius 2 is 1.44 bits per heavy atom. The summed E-state index contributed by atoms with van der Waals surface area (Å²) < 4.78 is 0. The molecule has 0 radical (unpaired) electrons. The average Bonchev–Trinajstić information content (AvgIpc) is 2.73. The molecule has 1 nitrogen and oxygen atoms in total. The molecule has 1 heteroatoms. The fourth-order valence-electron chi connectivity index (χ4n) is 3.03. The van der Waals surface area contributed by atoms with Crippen LogP contribution >= 0.6 is 0 Å². The first-order valence-electron chi connectivity index (χ1n) is 9.56. The first kappa shape index (κ1) is 18.7. The molecule has 136 valence electrons. The van der Waals surface area contributed by atoms with E-state index in [0.717, 1.165) is 17.8 Å². The van der Waals surface area contributed by atoms with Gasteiger partial charge in [-0.3, -0.25) is 0 Å². The molecule has 0 heterocycles. The molecule has 1 N–H and O–H groups in total. The zero-order valence-electron chi connectivity index (χ0n) is 16.4. The third-order valence-corrected chi connectivity index (χ3v) is 4.86. The zero-order valence-corrected chi connectivity index (χ0v) is 16.4. The molecule has 0 aliphatic heterocycles. The summed E-state index contributed by atoms with van der Waals surface area (Å²) in [4.78, 5) is 0. The van der Waals surface area contributed by atoms with E-state index in [0.29, 0.717) is 0 Å². The van der Waals surface area contributed by atoms with Crippen molar-refractivity contribution in [2.24, 2.45) is 0 Å². The second kappa shape index (κ2) is 9.05. The molecule has 3 aromatic rings. The van der Waals surface area contributed by atoms with Crippen LogP contribution < -0.4 is 5.32 Å². The van der Waals surface area contributed by atoms with Gasteiger partial charge in [0.05, 0.1) is 0 Å². The number of hydrogen-bond donors (Lipinski definition) is 1. The van der Waals surface area contributed by atoms with Crippen LogP contribution in [0.5, 0.6) is 0 Å². The van der Waals surface area contributed by atoms with Crippen LogP contribution in [0.3, 0.4) is 0 Å². The number of allylic oxidation sites excluding steroid dienone is 2. The van der Waals surface area contributed by atoms with Crippen molar-refractivity contribution < 1.29 is 0 Å². The van der Waals surface area contributed by atoms with E-state index >= 15 is 0 Å². The molecule has 0 fully saturated rings. The summed E-state index contributed by atoms with van der Waals surface area (Å²) in [7, 11) is 0. The Hall–Kier alpha value is -3.06. The lowest BCUT2D eigenvalue weighted by molar-refractivity contribution is 1.13. The lowest BCUT2D eigenvalue weighted by Crippen LogP contribution is -1.90. The Labute approximate surface area is 163 Å². The van der Waals surface area contributed by atoms with Crippen LogP contribution in [0, 0.1) is 0 Å². The van der Waals surface area contributed by atoms with Gasteiger partial charge in [-0.2, -0.15) is 0 Å².